The van der Waals surface area contributed by atoms with Gasteiger partial charge in [-0.2, -0.15) is 0 Å². The molecule has 0 amide bonds. The van der Waals surface area contributed by atoms with Gasteiger partial charge in [0.2, 0.25) is 0 Å². The van der Waals surface area contributed by atoms with Crippen molar-refractivity contribution in [3.05, 3.63) is 89.2 Å². The average molecular weight is 315 g/mol. The van der Waals surface area contributed by atoms with E-state index in [2.05, 4.69) is 22.8 Å². The van der Waals surface area contributed by atoms with Crippen molar-refractivity contribution in [3.8, 4) is 0 Å². The smallest absolute Gasteiger partial charge is 0.172 e. The van der Waals surface area contributed by atoms with Crippen LogP contribution in [0.3, 0.4) is 0 Å². The molecule has 2 aromatic rings. The first-order valence-electron chi connectivity index (χ1n) is 8.22. The number of carbonyl (C=O) groups excluding carboxylic acids is 1. The summed E-state index contributed by atoms with van der Waals surface area (Å²) < 4.78 is 0. The molecule has 0 saturated carbocycles. The Hall–Kier alpha value is -2.67. The lowest BCUT2D eigenvalue weighted by Gasteiger charge is -2.16. The Balaban J connectivity index is 1.65. The van der Waals surface area contributed by atoms with Gasteiger partial charge in [0, 0.05) is 25.1 Å². The first kappa shape index (κ1) is 16.2. The molecule has 0 fully saturated rings. The van der Waals surface area contributed by atoms with Crippen molar-refractivity contribution in [2.45, 2.75) is 13.0 Å². The van der Waals surface area contributed by atoms with Crippen molar-refractivity contribution in [2.24, 2.45) is 0 Å². The zero-order chi connectivity index (χ0) is 16.8. The molecule has 1 aliphatic rings. The Morgan fingerprint density at radius 2 is 1.79 bits per heavy atom. The van der Waals surface area contributed by atoms with Crippen molar-refractivity contribution < 1.29 is 4.79 Å². The number of rotatable bonds is 6. The molecule has 0 saturated heterocycles. The van der Waals surface area contributed by atoms with Gasteiger partial charge in [-0.15, -0.1) is 5.73 Å². The number of carbonyl (C=O) groups is 1. The van der Waals surface area contributed by atoms with E-state index < -0.39 is 0 Å². The minimum Gasteiger partial charge on any atom is -0.302 e. The topological polar surface area (TPSA) is 20.3 Å². The van der Waals surface area contributed by atoms with Crippen LogP contribution < -0.4 is 0 Å². The fourth-order valence-corrected chi connectivity index (χ4v) is 2.85. The van der Waals surface area contributed by atoms with E-state index in [1.54, 1.807) is 0 Å². The molecule has 0 bridgehead atoms. The third-order valence-corrected chi connectivity index (χ3v) is 4.12. The third-order valence-electron chi connectivity index (χ3n) is 4.12. The minimum atomic E-state index is 0.141. The highest BCUT2D eigenvalue weighted by atomic mass is 16.1. The molecule has 0 unspecified atom stereocenters. The lowest BCUT2D eigenvalue weighted by atomic mass is 9.96. The highest BCUT2D eigenvalue weighted by molar-refractivity contribution is 6.21. The maximum absolute atomic E-state index is 12.7. The van der Waals surface area contributed by atoms with Crippen LogP contribution in [0.25, 0.3) is 11.6 Å². The van der Waals surface area contributed by atoms with Gasteiger partial charge in [0.1, 0.15) is 0 Å². The number of Topliss-reactive ketones (excluding diaryl/α,β-unsaturated/α-hetero) is 1. The van der Waals surface area contributed by atoms with Crippen molar-refractivity contribution in [1.82, 2.24) is 4.90 Å². The van der Waals surface area contributed by atoms with E-state index in [4.69, 9.17) is 0 Å². The number of fused-ring (bicyclic) bond motifs is 1. The second-order valence-electron chi connectivity index (χ2n) is 6.03. The van der Waals surface area contributed by atoms with Crippen molar-refractivity contribution in [1.29, 1.82) is 0 Å². The van der Waals surface area contributed by atoms with E-state index in [0.717, 1.165) is 24.2 Å². The molecule has 120 valence electrons. The maximum Gasteiger partial charge on any atom is 0.172 e. The lowest BCUT2D eigenvalue weighted by Crippen LogP contribution is -2.21. The molecule has 0 spiro atoms. The highest BCUT2D eigenvalue weighted by Gasteiger charge is 2.15. The monoisotopic (exact) mass is 315 g/mol. The van der Waals surface area contributed by atoms with Crippen molar-refractivity contribution >= 4 is 17.4 Å². The third kappa shape index (κ3) is 3.99. The molecule has 2 heteroatoms. The number of hydrogen-bond donors (Lipinski definition) is 0. The predicted octanol–water partition coefficient (Wildman–Crippen LogP) is 4.34. The molecule has 3 rings (SSSR count). The number of ketones is 1. The molecule has 2 nitrogen and oxygen atoms in total. The van der Waals surface area contributed by atoms with Gasteiger partial charge in [-0.25, -0.2) is 0 Å². The molecule has 0 aromatic heterocycles. The maximum atomic E-state index is 12.7. The van der Waals surface area contributed by atoms with Crippen molar-refractivity contribution in [2.75, 3.05) is 13.6 Å². The standard InChI is InChI=1S/C22H21NO/c1-23(17-18-9-3-2-4-10-18)16-15-22(24)21-14-8-6-12-19-11-5-7-13-20(19)21/h2-13H,15-17H2,1H3. The van der Waals surface area contributed by atoms with Crippen LogP contribution in [-0.4, -0.2) is 24.3 Å². The van der Waals surface area contributed by atoms with Gasteiger partial charge in [-0.1, -0.05) is 66.7 Å². The number of hydrogen-bond acceptors (Lipinski definition) is 2. The van der Waals surface area contributed by atoms with Gasteiger partial charge in [0.15, 0.2) is 5.78 Å². The molecule has 2 aromatic carbocycles. The largest absolute Gasteiger partial charge is 0.302 e. The first-order valence-corrected chi connectivity index (χ1v) is 8.22. The van der Waals surface area contributed by atoms with Crippen LogP contribution >= 0.6 is 0 Å². The summed E-state index contributed by atoms with van der Waals surface area (Å²) in [7, 11) is 2.05. The number of benzene rings is 2. The van der Waals surface area contributed by atoms with Gasteiger partial charge < -0.3 is 4.90 Å². The Morgan fingerprint density at radius 1 is 1.04 bits per heavy atom. The summed E-state index contributed by atoms with van der Waals surface area (Å²) in [5.74, 6) is 0.141. The van der Waals surface area contributed by atoms with Gasteiger partial charge >= 0.3 is 0 Å². The Labute approximate surface area is 143 Å². The molecule has 0 atom stereocenters. The summed E-state index contributed by atoms with van der Waals surface area (Å²) in [5, 5.41) is 0. The molecule has 0 radical (unpaired) electrons. The summed E-state index contributed by atoms with van der Waals surface area (Å²) in [6, 6.07) is 18.3. The van der Waals surface area contributed by atoms with E-state index >= 15 is 0 Å². The average Bonchev–Trinajstić information content (AvgIpc) is 2.83. The van der Waals surface area contributed by atoms with E-state index in [1.165, 1.54) is 5.56 Å². The number of allylic oxidation sites excluding steroid dienone is 2. The molecular weight excluding hydrogens is 294 g/mol. The number of nitrogens with zero attached hydrogens (tertiary/aromatic N) is 1. The minimum absolute atomic E-state index is 0.141. The van der Waals surface area contributed by atoms with E-state index in [0.29, 0.717) is 12.0 Å². The van der Waals surface area contributed by atoms with Gasteiger partial charge in [-0.05, 0) is 24.3 Å². The molecule has 0 aliphatic heterocycles. The quantitative estimate of drug-likeness (QED) is 0.739. The normalized spacial score (nSPS) is 12.7. The molecular formula is C22H21NO. The predicted molar refractivity (Wildman–Crippen MR) is 99.4 cm³/mol. The van der Waals surface area contributed by atoms with Gasteiger partial charge in [0.25, 0.3) is 0 Å². The Kier molecular flexibility index (Phi) is 5.22. The van der Waals surface area contributed by atoms with Gasteiger partial charge in [-0.3, -0.25) is 4.79 Å². The Bertz CT molecular complexity index is 811. The molecule has 1 aliphatic carbocycles. The first-order chi connectivity index (χ1) is 11.7. The van der Waals surface area contributed by atoms with E-state index in [9.17, 15) is 4.79 Å². The fourth-order valence-electron chi connectivity index (χ4n) is 2.85. The summed E-state index contributed by atoms with van der Waals surface area (Å²) in [5.41, 5.74) is 7.13. The van der Waals surface area contributed by atoms with Crippen LogP contribution in [0.15, 0.2) is 72.5 Å². The second kappa shape index (κ2) is 7.74. The molecule has 24 heavy (non-hydrogen) atoms. The summed E-state index contributed by atoms with van der Waals surface area (Å²) >= 11 is 0. The summed E-state index contributed by atoms with van der Waals surface area (Å²) in [6.45, 7) is 1.58. The zero-order valence-electron chi connectivity index (χ0n) is 13.9. The van der Waals surface area contributed by atoms with Crippen LogP contribution in [0.4, 0.5) is 0 Å². The zero-order valence-corrected chi connectivity index (χ0v) is 13.9. The van der Waals surface area contributed by atoms with Crippen LogP contribution in [0, 0.1) is 0 Å². The van der Waals surface area contributed by atoms with Crippen LogP contribution in [-0.2, 0) is 11.3 Å². The van der Waals surface area contributed by atoms with Crippen LogP contribution in [0.1, 0.15) is 23.1 Å². The second-order valence-corrected chi connectivity index (χ2v) is 6.03. The van der Waals surface area contributed by atoms with Crippen molar-refractivity contribution in [3.63, 3.8) is 0 Å². The van der Waals surface area contributed by atoms with Gasteiger partial charge in [0.05, 0.1) is 5.57 Å². The van der Waals surface area contributed by atoms with E-state index in [-0.39, 0.29) is 5.78 Å². The Morgan fingerprint density at radius 3 is 2.62 bits per heavy atom. The van der Waals surface area contributed by atoms with Crippen LogP contribution in [0.2, 0.25) is 0 Å². The lowest BCUT2D eigenvalue weighted by molar-refractivity contribution is -0.114. The molecule has 0 N–H and O–H groups in total. The SMILES string of the molecule is CN(CCC(=O)C1=C=CC=Cc2ccccc21)Cc1ccccc1. The summed E-state index contributed by atoms with van der Waals surface area (Å²) in [4.78, 5) is 14.9. The molecule has 0 heterocycles. The van der Waals surface area contributed by atoms with Crippen LogP contribution in [0.5, 0.6) is 0 Å². The summed E-state index contributed by atoms with van der Waals surface area (Å²) in [6.07, 6.45) is 6.26. The van der Waals surface area contributed by atoms with E-state index in [1.807, 2.05) is 67.7 Å². The fraction of sp³-hybridized carbons (Fsp3) is 0.182. The highest BCUT2D eigenvalue weighted by Crippen LogP contribution is 2.23.